The van der Waals surface area contributed by atoms with Gasteiger partial charge in [-0.2, -0.15) is 0 Å². The summed E-state index contributed by atoms with van der Waals surface area (Å²) in [5, 5.41) is 16.1. The van der Waals surface area contributed by atoms with Crippen LogP contribution >= 0.6 is 0 Å². The molecule has 1 saturated heterocycles. The second-order valence-electron chi connectivity index (χ2n) is 7.35. The first-order chi connectivity index (χ1) is 12.6. The topological polar surface area (TPSA) is 137 Å². The van der Waals surface area contributed by atoms with Gasteiger partial charge in [-0.05, 0) is 20.8 Å². The number of nitrogens with zero attached hydrogens (tertiary/aromatic N) is 5. The van der Waals surface area contributed by atoms with Crippen LogP contribution in [0.4, 0.5) is 9.59 Å². The molecule has 1 atom stereocenters. The Labute approximate surface area is 156 Å². The van der Waals surface area contributed by atoms with Crippen LogP contribution in [-0.4, -0.2) is 85.4 Å². The van der Waals surface area contributed by atoms with Crippen molar-refractivity contribution in [3.63, 3.8) is 0 Å². The number of urea groups is 1. The highest BCUT2D eigenvalue weighted by Crippen LogP contribution is 2.22. The molecule has 0 bridgehead atoms. The van der Waals surface area contributed by atoms with E-state index in [-0.39, 0.29) is 6.03 Å². The van der Waals surface area contributed by atoms with E-state index in [0.29, 0.717) is 38.5 Å². The molecule has 3 rings (SSSR count). The average Bonchev–Trinajstić information content (AvgIpc) is 3.12. The Hall–Kier alpha value is -2.66. The largest absolute Gasteiger partial charge is 0.388 e. The standard InChI is InChI=1S/C16H25N7O4/c1-10-18-8-11-9-22(15(26)23(10)11)21-6-4-20(5-7-21)13(24)12(16(2,3)27)19-14(17)25/h8,12,27H,4-7,9H2,1-3H3,(H3,17,19,25). The van der Waals surface area contributed by atoms with E-state index in [0.717, 1.165) is 5.69 Å². The Morgan fingerprint density at radius 2 is 1.93 bits per heavy atom. The lowest BCUT2D eigenvalue weighted by atomic mass is 9.97. The molecule has 3 heterocycles. The van der Waals surface area contributed by atoms with E-state index < -0.39 is 23.6 Å². The molecule has 1 aromatic heterocycles. The predicted octanol–water partition coefficient (Wildman–Crippen LogP) is -1.16. The van der Waals surface area contributed by atoms with Crippen LogP contribution in [0.25, 0.3) is 0 Å². The molecule has 148 valence electrons. The minimum Gasteiger partial charge on any atom is -0.388 e. The molecular formula is C16H25N7O4. The molecule has 1 unspecified atom stereocenters. The third kappa shape index (κ3) is 3.60. The number of hydrogen-bond acceptors (Lipinski definition) is 6. The fourth-order valence-electron chi connectivity index (χ4n) is 3.44. The Morgan fingerprint density at radius 3 is 2.44 bits per heavy atom. The molecule has 0 radical (unpaired) electrons. The van der Waals surface area contributed by atoms with Gasteiger partial charge in [0.05, 0.1) is 24.0 Å². The molecule has 27 heavy (non-hydrogen) atoms. The van der Waals surface area contributed by atoms with Crippen molar-refractivity contribution < 1.29 is 19.5 Å². The minimum absolute atomic E-state index is 0.149. The van der Waals surface area contributed by atoms with Crippen molar-refractivity contribution in [3.8, 4) is 0 Å². The van der Waals surface area contributed by atoms with Gasteiger partial charge in [-0.15, -0.1) is 0 Å². The van der Waals surface area contributed by atoms with Crippen molar-refractivity contribution in [3.05, 3.63) is 17.7 Å². The number of amides is 4. The number of carbonyl (C=O) groups excluding carboxylic acids is 3. The van der Waals surface area contributed by atoms with Crippen LogP contribution in [0.15, 0.2) is 6.20 Å². The smallest absolute Gasteiger partial charge is 0.344 e. The highest BCUT2D eigenvalue weighted by Gasteiger charge is 2.40. The minimum atomic E-state index is -1.46. The summed E-state index contributed by atoms with van der Waals surface area (Å²) in [5.74, 6) is 0.247. The Kier molecular flexibility index (Phi) is 4.82. The van der Waals surface area contributed by atoms with E-state index in [4.69, 9.17) is 5.73 Å². The summed E-state index contributed by atoms with van der Waals surface area (Å²) in [6.45, 7) is 6.76. The zero-order valence-corrected chi connectivity index (χ0v) is 15.7. The third-order valence-corrected chi connectivity index (χ3v) is 4.88. The van der Waals surface area contributed by atoms with Gasteiger partial charge in [-0.3, -0.25) is 9.80 Å². The number of aromatic nitrogens is 2. The number of hydrogen-bond donors (Lipinski definition) is 3. The molecule has 0 saturated carbocycles. The summed E-state index contributed by atoms with van der Waals surface area (Å²) in [4.78, 5) is 42.2. The fraction of sp³-hybridized carbons (Fsp3) is 0.625. The molecule has 0 aromatic carbocycles. The lowest BCUT2D eigenvalue weighted by Crippen LogP contribution is -2.63. The molecule has 1 fully saturated rings. The quantitative estimate of drug-likeness (QED) is 0.604. The number of fused-ring (bicyclic) bond motifs is 1. The number of aryl methyl sites for hydroxylation is 1. The molecule has 11 nitrogen and oxygen atoms in total. The summed E-state index contributed by atoms with van der Waals surface area (Å²) in [6.07, 6.45) is 1.69. The molecule has 11 heteroatoms. The van der Waals surface area contributed by atoms with Gasteiger partial charge in [0, 0.05) is 26.2 Å². The van der Waals surface area contributed by atoms with E-state index in [1.54, 1.807) is 27.6 Å². The lowest BCUT2D eigenvalue weighted by molar-refractivity contribution is -0.142. The summed E-state index contributed by atoms with van der Waals surface area (Å²) >= 11 is 0. The summed E-state index contributed by atoms with van der Waals surface area (Å²) in [7, 11) is 0. The number of imidazole rings is 1. The van der Waals surface area contributed by atoms with E-state index in [1.165, 1.54) is 13.8 Å². The number of nitrogens with one attached hydrogen (secondary N) is 1. The molecule has 2 aliphatic heterocycles. The first-order valence-electron chi connectivity index (χ1n) is 8.76. The van der Waals surface area contributed by atoms with Crippen molar-refractivity contribution in [1.29, 1.82) is 0 Å². The number of primary amides is 1. The first-order valence-corrected chi connectivity index (χ1v) is 8.76. The second kappa shape index (κ2) is 6.82. The van der Waals surface area contributed by atoms with Crippen LogP contribution in [0.5, 0.6) is 0 Å². The highest BCUT2D eigenvalue weighted by molar-refractivity contribution is 5.88. The van der Waals surface area contributed by atoms with E-state index in [1.807, 2.05) is 5.01 Å². The van der Waals surface area contributed by atoms with Crippen LogP contribution < -0.4 is 11.1 Å². The molecule has 2 aliphatic rings. The Bertz CT molecular complexity index is 761. The number of nitrogens with two attached hydrogens (primary N) is 1. The van der Waals surface area contributed by atoms with Crippen molar-refractivity contribution >= 4 is 18.0 Å². The Balaban J connectivity index is 1.63. The zero-order chi connectivity index (χ0) is 19.9. The average molecular weight is 379 g/mol. The van der Waals surface area contributed by atoms with Crippen LogP contribution in [0.1, 0.15) is 25.4 Å². The van der Waals surface area contributed by atoms with Gasteiger partial charge in [-0.1, -0.05) is 0 Å². The number of aliphatic hydroxyl groups is 1. The number of hydrazine groups is 1. The zero-order valence-electron chi connectivity index (χ0n) is 15.7. The SMILES string of the molecule is Cc1ncc2n1C(=O)N(N1CCN(C(=O)C(NC(N)=O)C(C)(C)O)CC1)C2. The molecule has 0 spiro atoms. The first kappa shape index (κ1) is 19.1. The summed E-state index contributed by atoms with van der Waals surface area (Å²) < 4.78 is 1.58. The molecule has 1 aromatic rings. The fourth-order valence-corrected chi connectivity index (χ4v) is 3.44. The number of carbonyl (C=O) groups is 3. The molecule has 0 aliphatic carbocycles. The summed E-state index contributed by atoms with van der Waals surface area (Å²) in [5.41, 5.74) is 4.51. The third-order valence-electron chi connectivity index (χ3n) is 4.88. The second-order valence-corrected chi connectivity index (χ2v) is 7.35. The number of piperazine rings is 1. The van der Waals surface area contributed by atoms with Crippen molar-refractivity contribution in [2.75, 3.05) is 26.2 Å². The van der Waals surface area contributed by atoms with Crippen molar-refractivity contribution in [1.82, 2.24) is 29.8 Å². The van der Waals surface area contributed by atoms with Crippen LogP contribution in [0, 0.1) is 6.92 Å². The van der Waals surface area contributed by atoms with Crippen molar-refractivity contribution in [2.45, 2.75) is 39.0 Å². The van der Waals surface area contributed by atoms with E-state index in [9.17, 15) is 19.5 Å². The van der Waals surface area contributed by atoms with Crippen LogP contribution in [-0.2, 0) is 11.3 Å². The monoisotopic (exact) mass is 379 g/mol. The molecular weight excluding hydrogens is 354 g/mol. The lowest BCUT2D eigenvalue weighted by Gasteiger charge is -2.41. The van der Waals surface area contributed by atoms with Gasteiger partial charge < -0.3 is 21.1 Å². The normalized spacial score (nSPS) is 19.2. The maximum Gasteiger partial charge on any atom is 0.344 e. The maximum absolute atomic E-state index is 12.7. The maximum atomic E-state index is 12.7. The molecule has 4 N–H and O–H groups in total. The number of rotatable bonds is 4. The predicted molar refractivity (Wildman–Crippen MR) is 94.3 cm³/mol. The van der Waals surface area contributed by atoms with E-state index >= 15 is 0 Å². The van der Waals surface area contributed by atoms with Crippen molar-refractivity contribution in [2.24, 2.45) is 5.73 Å². The Morgan fingerprint density at radius 1 is 1.30 bits per heavy atom. The van der Waals surface area contributed by atoms with Crippen LogP contribution in [0.3, 0.4) is 0 Å². The van der Waals surface area contributed by atoms with Gasteiger partial charge in [0.15, 0.2) is 0 Å². The van der Waals surface area contributed by atoms with Gasteiger partial charge in [-0.25, -0.2) is 24.1 Å². The van der Waals surface area contributed by atoms with Crippen LogP contribution in [0.2, 0.25) is 0 Å². The highest BCUT2D eigenvalue weighted by atomic mass is 16.3. The van der Waals surface area contributed by atoms with E-state index in [2.05, 4.69) is 10.3 Å². The van der Waals surface area contributed by atoms with Gasteiger partial charge in [0.1, 0.15) is 11.9 Å². The van der Waals surface area contributed by atoms with Gasteiger partial charge in [0.25, 0.3) is 0 Å². The summed E-state index contributed by atoms with van der Waals surface area (Å²) in [6, 6.07) is -2.16. The molecule has 4 amide bonds. The van der Waals surface area contributed by atoms with Gasteiger partial charge >= 0.3 is 12.1 Å². The van der Waals surface area contributed by atoms with Gasteiger partial charge in [0.2, 0.25) is 5.91 Å².